The molecule has 1 aromatic carbocycles. The van der Waals surface area contributed by atoms with Crippen LogP contribution in [0.3, 0.4) is 0 Å². The highest BCUT2D eigenvalue weighted by Gasteiger charge is 2.19. The van der Waals surface area contributed by atoms with Gasteiger partial charge in [0, 0.05) is 10.4 Å². The molecule has 1 aromatic heterocycles. The number of hydrogen-bond acceptors (Lipinski definition) is 3. The molecule has 0 aliphatic heterocycles. The van der Waals surface area contributed by atoms with E-state index < -0.39 is 11.9 Å². The van der Waals surface area contributed by atoms with Gasteiger partial charge < -0.3 is 5.73 Å². The topological polar surface area (TPSA) is 43.1 Å². The Morgan fingerprint density at radius 2 is 2.18 bits per heavy atom. The van der Waals surface area contributed by atoms with E-state index in [1.165, 1.54) is 23.5 Å². The van der Waals surface area contributed by atoms with Gasteiger partial charge >= 0.3 is 0 Å². The SMILES string of the molecule is Cc1cc(F)cc(C(=O)C(N)c2cccs2)c1. The van der Waals surface area contributed by atoms with Crippen molar-refractivity contribution >= 4 is 17.1 Å². The van der Waals surface area contributed by atoms with Gasteiger partial charge in [0.25, 0.3) is 0 Å². The number of carbonyl (C=O) groups is 1. The van der Waals surface area contributed by atoms with E-state index in [-0.39, 0.29) is 5.78 Å². The molecule has 2 nitrogen and oxygen atoms in total. The van der Waals surface area contributed by atoms with Gasteiger partial charge in [-0.05, 0) is 42.1 Å². The molecule has 1 atom stereocenters. The first-order valence-corrected chi connectivity index (χ1v) is 6.06. The highest BCUT2D eigenvalue weighted by molar-refractivity contribution is 7.10. The molecule has 0 bridgehead atoms. The van der Waals surface area contributed by atoms with Gasteiger partial charge in [0.05, 0.1) is 0 Å². The van der Waals surface area contributed by atoms with E-state index in [0.717, 1.165) is 4.88 Å². The number of hydrogen-bond donors (Lipinski definition) is 1. The van der Waals surface area contributed by atoms with Crippen molar-refractivity contribution in [1.29, 1.82) is 0 Å². The zero-order valence-electron chi connectivity index (χ0n) is 9.31. The van der Waals surface area contributed by atoms with Crippen LogP contribution in [0.2, 0.25) is 0 Å². The van der Waals surface area contributed by atoms with Crippen LogP contribution in [0.4, 0.5) is 4.39 Å². The van der Waals surface area contributed by atoms with E-state index >= 15 is 0 Å². The third-order valence-corrected chi connectivity index (χ3v) is 3.41. The van der Waals surface area contributed by atoms with Crippen molar-refractivity contribution in [2.75, 3.05) is 0 Å². The second-order valence-corrected chi connectivity index (χ2v) is 4.85. The molecule has 0 radical (unpaired) electrons. The van der Waals surface area contributed by atoms with Crippen molar-refractivity contribution in [3.8, 4) is 0 Å². The number of thiophene rings is 1. The molecule has 4 heteroatoms. The van der Waals surface area contributed by atoms with Crippen molar-refractivity contribution in [2.45, 2.75) is 13.0 Å². The lowest BCUT2D eigenvalue weighted by Crippen LogP contribution is -2.20. The normalized spacial score (nSPS) is 12.4. The third kappa shape index (κ3) is 2.60. The maximum absolute atomic E-state index is 13.2. The summed E-state index contributed by atoms with van der Waals surface area (Å²) in [5, 5.41) is 1.86. The molecule has 0 amide bonds. The average Bonchev–Trinajstić information content (AvgIpc) is 2.79. The maximum Gasteiger partial charge on any atom is 0.184 e. The van der Waals surface area contributed by atoms with E-state index in [0.29, 0.717) is 11.1 Å². The van der Waals surface area contributed by atoms with Crippen molar-refractivity contribution in [3.05, 3.63) is 57.5 Å². The summed E-state index contributed by atoms with van der Waals surface area (Å²) in [7, 11) is 0. The van der Waals surface area contributed by atoms with Crippen molar-refractivity contribution in [3.63, 3.8) is 0 Å². The van der Waals surface area contributed by atoms with Crippen molar-refractivity contribution in [2.24, 2.45) is 5.73 Å². The number of benzene rings is 1. The summed E-state index contributed by atoms with van der Waals surface area (Å²) >= 11 is 1.42. The number of Topliss-reactive ketones (excluding diaryl/α,β-unsaturated/α-hetero) is 1. The van der Waals surface area contributed by atoms with Gasteiger partial charge in [-0.1, -0.05) is 6.07 Å². The lowest BCUT2D eigenvalue weighted by atomic mass is 10.0. The van der Waals surface area contributed by atoms with Crippen LogP contribution in [-0.4, -0.2) is 5.78 Å². The van der Waals surface area contributed by atoms with E-state index in [4.69, 9.17) is 5.73 Å². The number of halogens is 1. The van der Waals surface area contributed by atoms with E-state index in [1.54, 1.807) is 19.1 Å². The summed E-state index contributed by atoms with van der Waals surface area (Å²) in [5.74, 6) is -0.665. The smallest absolute Gasteiger partial charge is 0.184 e. The fourth-order valence-corrected chi connectivity index (χ4v) is 2.38. The monoisotopic (exact) mass is 249 g/mol. The van der Waals surface area contributed by atoms with Gasteiger partial charge in [-0.3, -0.25) is 4.79 Å². The molecular formula is C13H12FNOS. The molecule has 2 aromatic rings. The Morgan fingerprint density at radius 3 is 2.76 bits per heavy atom. The number of ketones is 1. The van der Waals surface area contributed by atoms with Gasteiger partial charge in [-0.2, -0.15) is 0 Å². The van der Waals surface area contributed by atoms with Gasteiger partial charge in [0.1, 0.15) is 11.9 Å². The Balaban J connectivity index is 2.31. The molecule has 0 aliphatic carbocycles. The standard InChI is InChI=1S/C13H12FNOS/c1-8-5-9(7-10(14)6-8)13(16)12(15)11-3-2-4-17-11/h2-7,12H,15H2,1H3. The summed E-state index contributed by atoms with van der Waals surface area (Å²) < 4.78 is 13.2. The number of nitrogens with two attached hydrogens (primary N) is 1. The predicted molar refractivity (Wildman–Crippen MR) is 66.7 cm³/mol. The van der Waals surface area contributed by atoms with Crippen LogP contribution >= 0.6 is 11.3 Å². The number of carbonyl (C=O) groups excluding carboxylic acids is 1. The Kier molecular flexibility index (Phi) is 3.36. The molecule has 0 saturated carbocycles. The minimum atomic E-state index is -0.712. The van der Waals surface area contributed by atoms with Crippen LogP contribution in [0.25, 0.3) is 0 Å². The fraction of sp³-hybridized carbons (Fsp3) is 0.154. The molecule has 0 saturated heterocycles. The van der Waals surface area contributed by atoms with Gasteiger partial charge in [-0.15, -0.1) is 11.3 Å². The zero-order valence-corrected chi connectivity index (χ0v) is 10.1. The van der Waals surface area contributed by atoms with Crippen LogP contribution in [0.5, 0.6) is 0 Å². The third-order valence-electron chi connectivity index (χ3n) is 2.46. The number of rotatable bonds is 3. The van der Waals surface area contributed by atoms with Crippen LogP contribution in [0.15, 0.2) is 35.7 Å². The second kappa shape index (κ2) is 4.77. The molecule has 2 N–H and O–H groups in total. The largest absolute Gasteiger partial charge is 0.317 e. The Bertz CT molecular complexity index is 516. The quantitative estimate of drug-likeness (QED) is 0.849. The highest BCUT2D eigenvalue weighted by Crippen LogP contribution is 2.21. The Labute approximate surface area is 103 Å². The minimum Gasteiger partial charge on any atom is -0.317 e. The summed E-state index contributed by atoms with van der Waals surface area (Å²) in [6.07, 6.45) is 0. The highest BCUT2D eigenvalue weighted by atomic mass is 32.1. The first kappa shape index (κ1) is 12.0. The van der Waals surface area contributed by atoms with Crippen molar-refractivity contribution in [1.82, 2.24) is 0 Å². The molecule has 0 fully saturated rings. The second-order valence-electron chi connectivity index (χ2n) is 3.87. The Morgan fingerprint density at radius 1 is 1.41 bits per heavy atom. The molecule has 1 unspecified atom stereocenters. The Hall–Kier alpha value is -1.52. The van der Waals surface area contributed by atoms with Gasteiger partial charge in [0.15, 0.2) is 5.78 Å². The molecule has 0 spiro atoms. The van der Waals surface area contributed by atoms with Crippen LogP contribution in [0.1, 0.15) is 26.8 Å². The summed E-state index contributed by atoms with van der Waals surface area (Å²) in [4.78, 5) is 12.9. The van der Waals surface area contributed by atoms with Gasteiger partial charge in [-0.25, -0.2) is 4.39 Å². The number of aryl methyl sites for hydroxylation is 1. The summed E-state index contributed by atoms with van der Waals surface area (Å²) in [6.45, 7) is 1.75. The summed E-state index contributed by atoms with van der Waals surface area (Å²) in [6, 6.07) is 7.19. The summed E-state index contributed by atoms with van der Waals surface area (Å²) in [5.41, 5.74) is 6.89. The first-order chi connectivity index (χ1) is 8.08. The van der Waals surface area contributed by atoms with Gasteiger partial charge in [0.2, 0.25) is 0 Å². The molecule has 1 heterocycles. The van der Waals surface area contributed by atoms with Crippen LogP contribution < -0.4 is 5.73 Å². The van der Waals surface area contributed by atoms with E-state index in [2.05, 4.69) is 0 Å². The minimum absolute atomic E-state index is 0.255. The fourth-order valence-electron chi connectivity index (χ4n) is 1.66. The van der Waals surface area contributed by atoms with Crippen LogP contribution in [-0.2, 0) is 0 Å². The average molecular weight is 249 g/mol. The molecule has 17 heavy (non-hydrogen) atoms. The molecule has 88 valence electrons. The lowest BCUT2D eigenvalue weighted by Gasteiger charge is -2.09. The maximum atomic E-state index is 13.2. The predicted octanol–water partition coefficient (Wildman–Crippen LogP) is 3.08. The van der Waals surface area contributed by atoms with Crippen LogP contribution in [0, 0.1) is 12.7 Å². The first-order valence-electron chi connectivity index (χ1n) is 5.18. The van der Waals surface area contributed by atoms with Crippen molar-refractivity contribution < 1.29 is 9.18 Å². The molecule has 2 rings (SSSR count). The molecular weight excluding hydrogens is 237 g/mol. The molecule has 0 aliphatic rings. The van der Waals surface area contributed by atoms with E-state index in [1.807, 2.05) is 11.4 Å². The van der Waals surface area contributed by atoms with E-state index in [9.17, 15) is 9.18 Å². The zero-order chi connectivity index (χ0) is 12.4. The lowest BCUT2D eigenvalue weighted by molar-refractivity contribution is 0.0962.